The molecule has 2 heterocycles. The normalized spacial score (nSPS) is 10.7. The van der Waals surface area contributed by atoms with E-state index in [0.717, 1.165) is 5.56 Å². The zero-order valence-electron chi connectivity index (χ0n) is 14.1. The van der Waals surface area contributed by atoms with Crippen LogP contribution in [-0.4, -0.2) is 41.3 Å². The summed E-state index contributed by atoms with van der Waals surface area (Å²) in [5.74, 6) is 0.137. The van der Waals surface area contributed by atoms with Crippen molar-refractivity contribution >= 4 is 11.6 Å². The number of hydrogen-bond donors (Lipinski definition) is 2. The maximum absolute atomic E-state index is 14.1. The van der Waals surface area contributed by atoms with Crippen LogP contribution in [0.1, 0.15) is 16.2 Å². The summed E-state index contributed by atoms with van der Waals surface area (Å²) < 4.78 is 15.4. The molecule has 1 amide bonds. The molecule has 0 radical (unpaired) electrons. The highest BCUT2D eigenvalue weighted by atomic mass is 19.1. The van der Waals surface area contributed by atoms with E-state index in [9.17, 15) is 9.18 Å². The van der Waals surface area contributed by atoms with Crippen molar-refractivity contribution in [1.82, 2.24) is 35.4 Å². The van der Waals surface area contributed by atoms with E-state index in [1.54, 1.807) is 25.1 Å². The average molecular weight is 364 g/mol. The highest BCUT2D eigenvalue weighted by molar-refractivity contribution is 6.05. The molecule has 0 aliphatic carbocycles. The molecule has 0 bridgehead atoms. The van der Waals surface area contributed by atoms with E-state index in [1.165, 1.54) is 29.2 Å². The Morgan fingerprint density at radius 3 is 2.85 bits per heavy atom. The van der Waals surface area contributed by atoms with Gasteiger partial charge in [0.1, 0.15) is 17.8 Å². The molecule has 4 aromatic rings. The van der Waals surface area contributed by atoms with Crippen molar-refractivity contribution in [3.8, 4) is 17.1 Å². The minimum absolute atomic E-state index is 0.144. The van der Waals surface area contributed by atoms with Crippen LogP contribution in [0, 0.1) is 12.7 Å². The molecular formula is C17H13FN8O. The molecule has 2 aromatic heterocycles. The van der Waals surface area contributed by atoms with Crippen molar-refractivity contribution in [2.24, 2.45) is 0 Å². The molecular weight excluding hydrogens is 351 g/mol. The zero-order valence-corrected chi connectivity index (χ0v) is 14.1. The molecule has 2 aromatic carbocycles. The number of aromatic nitrogens is 7. The first kappa shape index (κ1) is 16.5. The molecule has 9 nitrogen and oxygen atoms in total. The van der Waals surface area contributed by atoms with Crippen LogP contribution in [0.4, 0.5) is 10.1 Å². The maximum Gasteiger partial charge on any atom is 0.255 e. The summed E-state index contributed by atoms with van der Waals surface area (Å²) in [7, 11) is 0. The van der Waals surface area contributed by atoms with Crippen molar-refractivity contribution < 1.29 is 9.18 Å². The number of aromatic amines is 1. The van der Waals surface area contributed by atoms with Gasteiger partial charge in [-0.1, -0.05) is 12.1 Å². The lowest BCUT2D eigenvalue weighted by molar-refractivity contribution is 0.102. The first-order valence-electron chi connectivity index (χ1n) is 7.94. The molecule has 134 valence electrons. The molecule has 0 spiro atoms. The molecule has 0 unspecified atom stereocenters. The van der Waals surface area contributed by atoms with Crippen LogP contribution in [0.25, 0.3) is 17.1 Å². The lowest BCUT2D eigenvalue weighted by Gasteiger charge is -2.09. The van der Waals surface area contributed by atoms with Crippen LogP contribution >= 0.6 is 0 Å². The molecule has 27 heavy (non-hydrogen) atoms. The number of tetrazole rings is 1. The van der Waals surface area contributed by atoms with E-state index in [2.05, 4.69) is 36.0 Å². The Labute approximate surface area is 152 Å². The summed E-state index contributed by atoms with van der Waals surface area (Å²) in [5.41, 5.74) is 1.71. The molecule has 2 N–H and O–H groups in total. The Bertz CT molecular complexity index is 1110. The van der Waals surface area contributed by atoms with Crippen LogP contribution in [-0.2, 0) is 0 Å². The number of carbonyl (C=O) groups is 1. The molecule has 4 rings (SSSR count). The number of halogens is 1. The number of carbonyl (C=O) groups excluding carboxylic acids is 1. The Hall–Kier alpha value is -3.95. The third kappa shape index (κ3) is 3.27. The molecule has 0 saturated heterocycles. The van der Waals surface area contributed by atoms with E-state index in [0.29, 0.717) is 22.9 Å². The maximum atomic E-state index is 14.1. The van der Waals surface area contributed by atoms with Crippen molar-refractivity contribution in [3.63, 3.8) is 0 Å². The Balaban J connectivity index is 1.61. The van der Waals surface area contributed by atoms with Crippen LogP contribution in [0.5, 0.6) is 0 Å². The van der Waals surface area contributed by atoms with Gasteiger partial charge in [-0.25, -0.2) is 9.37 Å². The number of H-pyrrole nitrogens is 1. The third-order valence-electron chi connectivity index (χ3n) is 3.87. The van der Waals surface area contributed by atoms with Gasteiger partial charge in [0.2, 0.25) is 0 Å². The molecule has 0 aliphatic rings. The standard InChI is InChI=1S/C17H13FN8O/c1-10-22-24-25-26(10)15-8-13(5-6-14(15)18)21-17(27)12-4-2-3-11(7-12)16-19-9-20-23-16/h2-9H,1H3,(H,21,27)(H,19,20,23). The van der Waals surface area contributed by atoms with E-state index in [-0.39, 0.29) is 11.6 Å². The third-order valence-corrected chi connectivity index (χ3v) is 3.87. The number of anilines is 1. The molecule has 10 heteroatoms. The number of benzene rings is 2. The highest BCUT2D eigenvalue weighted by Gasteiger charge is 2.13. The zero-order chi connectivity index (χ0) is 18.8. The number of amides is 1. The highest BCUT2D eigenvalue weighted by Crippen LogP contribution is 2.20. The number of rotatable bonds is 4. The first-order chi connectivity index (χ1) is 13.1. The minimum atomic E-state index is -0.504. The van der Waals surface area contributed by atoms with Crippen LogP contribution in [0.3, 0.4) is 0 Å². The van der Waals surface area contributed by atoms with Gasteiger partial charge in [-0.2, -0.15) is 9.78 Å². The molecule has 0 fully saturated rings. The van der Waals surface area contributed by atoms with Gasteiger partial charge in [-0.05, 0) is 47.7 Å². The quantitative estimate of drug-likeness (QED) is 0.573. The summed E-state index contributed by atoms with van der Waals surface area (Å²) in [4.78, 5) is 16.7. The second kappa shape index (κ2) is 6.75. The lowest BCUT2D eigenvalue weighted by atomic mass is 10.1. The fourth-order valence-electron chi connectivity index (χ4n) is 2.56. The first-order valence-corrected chi connectivity index (χ1v) is 7.94. The van der Waals surface area contributed by atoms with Gasteiger partial charge >= 0.3 is 0 Å². The number of aryl methyl sites for hydroxylation is 1. The van der Waals surface area contributed by atoms with Crippen LogP contribution < -0.4 is 5.32 Å². The van der Waals surface area contributed by atoms with Gasteiger partial charge in [0.25, 0.3) is 5.91 Å². The van der Waals surface area contributed by atoms with E-state index >= 15 is 0 Å². The van der Waals surface area contributed by atoms with Crippen molar-refractivity contribution in [2.45, 2.75) is 6.92 Å². The van der Waals surface area contributed by atoms with Gasteiger partial charge in [-0.15, -0.1) is 5.10 Å². The van der Waals surface area contributed by atoms with Gasteiger partial charge in [0.15, 0.2) is 11.6 Å². The largest absolute Gasteiger partial charge is 0.322 e. The van der Waals surface area contributed by atoms with E-state index < -0.39 is 5.82 Å². The predicted octanol–water partition coefficient (Wildman–Crippen LogP) is 2.15. The summed E-state index contributed by atoms with van der Waals surface area (Å²) in [5, 5.41) is 20.3. The number of nitrogens with zero attached hydrogens (tertiary/aromatic N) is 6. The van der Waals surface area contributed by atoms with Crippen molar-refractivity contribution in [2.75, 3.05) is 5.32 Å². The summed E-state index contributed by atoms with van der Waals surface area (Å²) in [6, 6.07) is 11.1. The SMILES string of the molecule is Cc1nnnn1-c1cc(NC(=O)c2cccc(-c3ncn[nH]3)c2)ccc1F. The average Bonchev–Trinajstić information content (AvgIpc) is 3.35. The lowest BCUT2D eigenvalue weighted by Crippen LogP contribution is -2.13. The second-order valence-electron chi connectivity index (χ2n) is 5.67. The van der Waals surface area contributed by atoms with Gasteiger partial charge in [-0.3, -0.25) is 9.89 Å². The number of nitrogens with one attached hydrogen (secondary N) is 2. The Kier molecular flexibility index (Phi) is 4.13. The summed E-state index contributed by atoms with van der Waals surface area (Å²) >= 11 is 0. The monoisotopic (exact) mass is 364 g/mol. The summed E-state index contributed by atoms with van der Waals surface area (Å²) in [6.07, 6.45) is 1.39. The topological polar surface area (TPSA) is 114 Å². The summed E-state index contributed by atoms with van der Waals surface area (Å²) in [6.45, 7) is 1.65. The van der Waals surface area contributed by atoms with Crippen molar-refractivity contribution in [3.05, 3.63) is 66.0 Å². The number of hydrogen-bond acceptors (Lipinski definition) is 6. The smallest absolute Gasteiger partial charge is 0.255 e. The van der Waals surface area contributed by atoms with Gasteiger partial charge in [0.05, 0.1) is 0 Å². The molecule has 0 aliphatic heterocycles. The fraction of sp³-hybridized carbons (Fsp3) is 0.0588. The minimum Gasteiger partial charge on any atom is -0.322 e. The van der Waals surface area contributed by atoms with E-state index in [1.807, 2.05) is 6.07 Å². The Morgan fingerprint density at radius 2 is 2.11 bits per heavy atom. The van der Waals surface area contributed by atoms with Crippen molar-refractivity contribution in [1.29, 1.82) is 0 Å². The van der Waals surface area contributed by atoms with Gasteiger partial charge < -0.3 is 5.32 Å². The fourth-order valence-corrected chi connectivity index (χ4v) is 2.56. The van der Waals surface area contributed by atoms with Crippen LogP contribution in [0.2, 0.25) is 0 Å². The second-order valence-corrected chi connectivity index (χ2v) is 5.67. The predicted molar refractivity (Wildman–Crippen MR) is 93.6 cm³/mol. The molecule has 0 saturated carbocycles. The van der Waals surface area contributed by atoms with Gasteiger partial charge in [0, 0.05) is 16.8 Å². The Morgan fingerprint density at radius 1 is 1.22 bits per heavy atom. The van der Waals surface area contributed by atoms with E-state index in [4.69, 9.17) is 0 Å². The van der Waals surface area contributed by atoms with Crippen LogP contribution in [0.15, 0.2) is 48.8 Å². The molecule has 0 atom stereocenters.